The van der Waals surface area contributed by atoms with Gasteiger partial charge in [0.25, 0.3) is 16.0 Å². The van der Waals surface area contributed by atoms with Gasteiger partial charge in [0.05, 0.1) is 12.7 Å². The van der Waals surface area contributed by atoms with E-state index in [1.165, 1.54) is 13.2 Å². The zero-order valence-corrected chi connectivity index (χ0v) is 10.5. The summed E-state index contributed by atoms with van der Waals surface area (Å²) in [6.45, 7) is 0. The Labute approximate surface area is 103 Å². The molecule has 2 heterocycles. The number of anilines is 2. The van der Waals surface area contributed by atoms with Gasteiger partial charge < -0.3 is 5.32 Å². The molecule has 0 unspecified atom stereocenters. The molecule has 0 bridgehead atoms. The summed E-state index contributed by atoms with van der Waals surface area (Å²) in [5, 5.41) is 13.4. The van der Waals surface area contributed by atoms with Gasteiger partial charge in [0.15, 0.2) is 5.03 Å². The molecule has 9 nitrogen and oxygen atoms in total. The van der Waals surface area contributed by atoms with E-state index in [1.807, 2.05) is 0 Å². The number of tetrazole rings is 1. The minimum Gasteiger partial charge on any atom is -0.386 e. The second-order valence-corrected chi connectivity index (χ2v) is 4.91. The first kappa shape index (κ1) is 12.2. The van der Waals surface area contributed by atoms with E-state index in [1.54, 1.807) is 19.2 Å². The molecule has 2 aromatic rings. The lowest BCUT2D eigenvalue weighted by Gasteiger charge is -2.07. The van der Waals surface area contributed by atoms with Crippen LogP contribution in [-0.4, -0.2) is 40.7 Å². The Morgan fingerprint density at radius 2 is 2.17 bits per heavy atom. The highest BCUT2D eigenvalue weighted by atomic mass is 32.2. The van der Waals surface area contributed by atoms with Crippen LogP contribution >= 0.6 is 0 Å². The van der Waals surface area contributed by atoms with E-state index >= 15 is 0 Å². The van der Waals surface area contributed by atoms with Crippen molar-refractivity contribution < 1.29 is 8.42 Å². The normalized spacial score (nSPS) is 11.2. The first-order valence-corrected chi connectivity index (χ1v) is 6.41. The first-order valence-electron chi connectivity index (χ1n) is 4.92. The van der Waals surface area contributed by atoms with Crippen molar-refractivity contribution in [3.8, 4) is 0 Å². The Morgan fingerprint density at radius 1 is 1.39 bits per heavy atom. The van der Waals surface area contributed by atoms with Crippen LogP contribution in [0.3, 0.4) is 0 Å². The summed E-state index contributed by atoms with van der Waals surface area (Å²) >= 11 is 0. The van der Waals surface area contributed by atoms with Crippen molar-refractivity contribution in [1.82, 2.24) is 25.2 Å². The van der Waals surface area contributed by atoms with Crippen LogP contribution in [0, 0.1) is 0 Å². The van der Waals surface area contributed by atoms with Crippen molar-refractivity contribution in [3.05, 3.63) is 18.3 Å². The molecule has 10 heteroatoms. The fraction of sp³-hybridized carbons (Fsp3) is 0.250. The molecular weight excluding hydrogens is 258 g/mol. The summed E-state index contributed by atoms with van der Waals surface area (Å²) < 4.78 is 26.3. The fourth-order valence-corrected chi connectivity index (χ4v) is 2.37. The molecule has 2 N–H and O–H groups in total. The molecule has 0 radical (unpaired) electrons. The lowest BCUT2D eigenvalue weighted by atomic mass is 10.4. The predicted molar refractivity (Wildman–Crippen MR) is 63.4 cm³/mol. The van der Waals surface area contributed by atoms with Crippen LogP contribution in [0.5, 0.6) is 0 Å². The highest BCUT2D eigenvalue weighted by Gasteiger charge is 2.21. The van der Waals surface area contributed by atoms with Gasteiger partial charge in [0.2, 0.25) is 0 Å². The highest BCUT2D eigenvalue weighted by molar-refractivity contribution is 7.92. The third-order valence-electron chi connectivity index (χ3n) is 2.03. The SMILES string of the molecule is CNc1cccnc1S(=O)(=O)Nc1nnn(C)n1. The van der Waals surface area contributed by atoms with Crippen LogP contribution in [0.2, 0.25) is 0 Å². The zero-order chi connectivity index (χ0) is 13.2. The Morgan fingerprint density at radius 3 is 2.78 bits per heavy atom. The molecule has 2 aromatic heterocycles. The van der Waals surface area contributed by atoms with Crippen molar-refractivity contribution in [2.45, 2.75) is 5.03 Å². The molecule has 2 rings (SSSR count). The molecule has 0 amide bonds. The third kappa shape index (κ3) is 2.37. The molecule has 0 saturated carbocycles. The van der Waals surface area contributed by atoms with Crippen molar-refractivity contribution in [3.63, 3.8) is 0 Å². The number of hydrogen-bond acceptors (Lipinski definition) is 7. The van der Waals surface area contributed by atoms with Crippen LogP contribution in [-0.2, 0) is 17.1 Å². The average molecular weight is 269 g/mol. The lowest BCUT2D eigenvalue weighted by Crippen LogP contribution is -2.17. The predicted octanol–water partition coefficient (Wildman–Crippen LogP) is -0.552. The van der Waals surface area contributed by atoms with Gasteiger partial charge >= 0.3 is 0 Å². The van der Waals surface area contributed by atoms with Crippen LogP contribution in [0.15, 0.2) is 23.4 Å². The van der Waals surface area contributed by atoms with Crippen molar-refractivity contribution in [2.24, 2.45) is 7.05 Å². The minimum atomic E-state index is -3.84. The highest BCUT2D eigenvalue weighted by Crippen LogP contribution is 2.18. The van der Waals surface area contributed by atoms with Crippen LogP contribution in [0.4, 0.5) is 11.6 Å². The molecule has 0 aliphatic rings. The van der Waals surface area contributed by atoms with Gasteiger partial charge in [0, 0.05) is 13.2 Å². The van der Waals surface area contributed by atoms with Crippen LogP contribution in [0.1, 0.15) is 0 Å². The maximum Gasteiger partial charge on any atom is 0.283 e. The monoisotopic (exact) mass is 269 g/mol. The van der Waals surface area contributed by atoms with Crippen molar-refractivity contribution in [2.75, 3.05) is 17.1 Å². The Hall–Kier alpha value is -2.23. The number of nitrogens with zero attached hydrogens (tertiary/aromatic N) is 5. The number of aromatic nitrogens is 5. The number of aryl methyl sites for hydroxylation is 1. The number of sulfonamides is 1. The van der Waals surface area contributed by atoms with E-state index in [9.17, 15) is 8.42 Å². The second kappa shape index (κ2) is 4.56. The molecule has 18 heavy (non-hydrogen) atoms. The van der Waals surface area contributed by atoms with E-state index in [0.717, 1.165) is 4.80 Å². The third-order valence-corrected chi connectivity index (χ3v) is 3.31. The van der Waals surface area contributed by atoms with E-state index in [2.05, 4.69) is 30.4 Å². The minimum absolute atomic E-state index is 0.106. The molecule has 0 spiro atoms. The molecule has 0 saturated heterocycles. The van der Waals surface area contributed by atoms with Gasteiger partial charge in [-0.2, -0.15) is 13.2 Å². The van der Waals surface area contributed by atoms with Gasteiger partial charge in [0.1, 0.15) is 0 Å². The van der Waals surface area contributed by atoms with E-state index < -0.39 is 10.0 Å². The maximum absolute atomic E-state index is 12.1. The van der Waals surface area contributed by atoms with E-state index in [4.69, 9.17) is 0 Å². The summed E-state index contributed by atoms with van der Waals surface area (Å²) in [4.78, 5) is 4.98. The quantitative estimate of drug-likeness (QED) is 0.765. The Kier molecular flexibility index (Phi) is 3.10. The Bertz CT molecular complexity index is 651. The molecule has 0 aliphatic carbocycles. The smallest absolute Gasteiger partial charge is 0.283 e. The summed E-state index contributed by atoms with van der Waals surface area (Å²) in [7, 11) is -0.705. The first-order chi connectivity index (χ1) is 8.53. The number of hydrogen-bond donors (Lipinski definition) is 2. The number of rotatable bonds is 4. The van der Waals surface area contributed by atoms with Gasteiger partial charge in [-0.05, 0) is 17.3 Å². The standard InChI is InChI=1S/C8H11N7O2S/c1-9-6-4-3-5-10-7(6)18(16,17)13-8-11-14-15(2)12-8/h3-5,9H,1-2H3,(H,12,13). The largest absolute Gasteiger partial charge is 0.386 e. The van der Waals surface area contributed by atoms with Crippen molar-refractivity contribution in [1.29, 1.82) is 0 Å². The lowest BCUT2D eigenvalue weighted by molar-refractivity contribution is 0.597. The summed E-state index contributed by atoms with van der Waals surface area (Å²) in [6.07, 6.45) is 1.39. The van der Waals surface area contributed by atoms with Gasteiger partial charge in [-0.15, -0.1) is 5.10 Å². The average Bonchev–Trinajstić information content (AvgIpc) is 2.74. The summed E-state index contributed by atoms with van der Waals surface area (Å²) in [5.41, 5.74) is 0.383. The van der Waals surface area contributed by atoms with Crippen LogP contribution in [0.25, 0.3) is 0 Å². The molecule has 0 aromatic carbocycles. The van der Waals surface area contributed by atoms with Crippen molar-refractivity contribution >= 4 is 21.7 Å². The molecule has 96 valence electrons. The van der Waals surface area contributed by atoms with E-state index in [0.29, 0.717) is 5.69 Å². The van der Waals surface area contributed by atoms with Gasteiger partial charge in [-0.1, -0.05) is 5.10 Å². The molecule has 0 fully saturated rings. The number of pyridine rings is 1. The Balaban J connectivity index is 2.36. The maximum atomic E-state index is 12.1. The molecular formula is C8H11N7O2S. The van der Waals surface area contributed by atoms with Crippen LogP contribution < -0.4 is 10.0 Å². The molecule has 0 aliphatic heterocycles. The van der Waals surface area contributed by atoms with E-state index in [-0.39, 0.29) is 11.0 Å². The van der Waals surface area contributed by atoms with Gasteiger partial charge in [-0.25, -0.2) is 9.71 Å². The zero-order valence-electron chi connectivity index (χ0n) is 9.69. The second-order valence-electron chi connectivity index (χ2n) is 3.31. The number of nitrogens with one attached hydrogen (secondary N) is 2. The van der Waals surface area contributed by atoms with Gasteiger partial charge in [-0.3, -0.25) is 0 Å². The summed E-state index contributed by atoms with van der Waals surface area (Å²) in [6, 6.07) is 3.23. The fourth-order valence-electron chi connectivity index (χ4n) is 1.29. The summed E-state index contributed by atoms with van der Waals surface area (Å²) in [5.74, 6) is -0.106. The topological polar surface area (TPSA) is 115 Å². The molecule has 0 atom stereocenters.